The van der Waals surface area contributed by atoms with Crippen LogP contribution < -0.4 is 0 Å². The number of nitrogens with zero attached hydrogens (tertiary/aromatic N) is 2. The highest BCUT2D eigenvalue weighted by atomic mass is 32.2. The molecule has 0 unspecified atom stereocenters. The third-order valence-corrected chi connectivity index (χ3v) is 5.12. The Balaban J connectivity index is 1.84. The highest BCUT2D eigenvalue weighted by Gasteiger charge is 2.13. The summed E-state index contributed by atoms with van der Waals surface area (Å²) in [5, 5.41) is 21.5. The van der Waals surface area contributed by atoms with Gasteiger partial charge in [-0.15, -0.1) is 10.2 Å². The molecule has 0 radical (unpaired) electrons. The summed E-state index contributed by atoms with van der Waals surface area (Å²) in [6, 6.07) is 20.5. The van der Waals surface area contributed by atoms with E-state index in [4.69, 9.17) is 0 Å². The van der Waals surface area contributed by atoms with Gasteiger partial charge in [-0.1, -0.05) is 42.5 Å². The maximum Gasteiger partial charge on any atom is 0.294 e. The van der Waals surface area contributed by atoms with Gasteiger partial charge in [-0.25, -0.2) is 0 Å². The van der Waals surface area contributed by atoms with Crippen LogP contribution in [0.5, 0.6) is 5.75 Å². The van der Waals surface area contributed by atoms with Crippen LogP contribution in [-0.2, 0) is 10.1 Å². The van der Waals surface area contributed by atoms with Gasteiger partial charge in [-0.3, -0.25) is 4.55 Å². The maximum absolute atomic E-state index is 11.3. The standard InChI is InChI=1S/C20H14N2O4S/c23-20-11-10-19(16-9-8-14(12-17(16)20)27(24,25)26)22-21-18-7-3-5-13-4-1-2-6-15(13)18/h1-12,23H,(H,24,25,26). The molecule has 0 saturated heterocycles. The van der Waals surface area contributed by atoms with E-state index in [-0.39, 0.29) is 16.0 Å². The first-order chi connectivity index (χ1) is 12.9. The quantitative estimate of drug-likeness (QED) is 0.370. The molecule has 4 rings (SSSR count). The summed E-state index contributed by atoms with van der Waals surface area (Å²) >= 11 is 0. The van der Waals surface area contributed by atoms with Crippen molar-refractivity contribution < 1.29 is 18.1 Å². The van der Waals surface area contributed by atoms with E-state index in [1.165, 1.54) is 24.3 Å². The normalized spacial score (nSPS) is 12.2. The van der Waals surface area contributed by atoms with Gasteiger partial charge in [-0.2, -0.15) is 8.42 Å². The Hall–Kier alpha value is -3.29. The molecule has 0 heterocycles. The van der Waals surface area contributed by atoms with Crippen molar-refractivity contribution in [3.8, 4) is 5.75 Å². The summed E-state index contributed by atoms with van der Waals surface area (Å²) in [6.45, 7) is 0. The van der Waals surface area contributed by atoms with Crippen molar-refractivity contribution in [2.75, 3.05) is 0 Å². The molecule has 7 heteroatoms. The Morgan fingerprint density at radius 2 is 1.41 bits per heavy atom. The molecular weight excluding hydrogens is 364 g/mol. The number of azo groups is 1. The van der Waals surface area contributed by atoms with Crippen molar-refractivity contribution in [2.45, 2.75) is 4.90 Å². The van der Waals surface area contributed by atoms with E-state index in [9.17, 15) is 18.1 Å². The molecule has 134 valence electrons. The van der Waals surface area contributed by atoms with Crippen LogP contribution in [0.3, 0.4) is 0 Å². The Morgan fingerprint density at radius 3 is 2.19 bits per heavy atom. The van der Waals surface area contributed by atoms with Crippen molar-refractivity contribution in [3.05, 3.63) is 72.8 Å². The number of aromatic hydroxyl groups is 1. The lowest BCUT2D eigenvalue weighted by atomic mass is 10.1. The summed E-state index contributed by atoms with van der Waals surface area (Å²) in [5.41, 5.74) is 1.17. The van der Waals surface area contributed by atoms with E-state index in [1.807, 2.05) is 42.5 Å². The maximum atomic E-state index is 11.3. The molecule has 0 aromatic heterocycles. The number of hydrogen-bond donors (Lipinski definition) is 2. The largest absolute Gasteiger partial charge is 0.507 e. The molecule has 4 aromatic carbocycles. The van der Waals surface area contributed by atoms with E-state index < -0.39 is 10.1 Å². The fourth-order valence-electron chi connectivity index (χ4n) is 2.95. The van der Waals surface area contributed by atoms with Gasteiger partial charge in [0.25, 0.3) is 10.1 Å². The Labute approximate surface area is 155 Å². The highest BCUT2D eigenvalue weighted by Crippen LogP contribution is 2.35. The van der Waals surface area contributed by atoms with Gasteiger partial charge in [0.05, 0.1) is 16.3 Å². The van der Waals surface area contributed by atoms with E-state index in [0.717, 1.165) is 10.8 Å². The molecule has 0 fully saturated rings. The van der Waals surface area contributed by atoms with Gasteiger partial charge in [0, 0.05) is 16.2 Å². The molecule has 6 nitrogen and oxygen atoms in total. The van der Waals surface area contributed by atoms with Crippen LogP contribution in [-0.4, -0.2) is 18.1 Å². The summed E-state index contributed by atoms with van der Waals surface area (Å²) in [7, 11) is -4.37. The predicted molar refractivity (Wildman–Crippen MR) is 104 cm³/mol. The molecule has 0 aliphatic rings. The van der Waals surface area contributed by atoms with Gasteiger partial charge < -0.3 is 5.11 Å². The van der Waals surface area contributed by atoms with Crippen LogP contribution in [0.4, 0.5) is 11.4 Å². The topological polar surface area (TPSA) is 99.3 Å². The Kier molecular flexibility index (Phi) is 4.10. The van der Waals surface area contributed by atoms with E-state index in [0.29, 0.717) is 16.8 Å². The molecule has 0 spiro atoms. The van der Waals surface area contributed by atoms with Crippen molar-refractivity contribution >= 4 is 43.0 Å². The molecule has 0 aliphatic heterocycles. The molecule has 0 bridgehead atoms. The van der Waals surface area contributed by atoms with Gasteiger partial charge in [0.2, 0.25) is 0 Å². The molecule has 2 N–H and O–H groups in total. The van der Waals surface area contributed by atoms with Crippen molar-refractivity contribution in [1.29, 1.82) is 0 Å². The van der Waals surface area contributed by atoms with Crippen LogP contribution in [0.15, 0.2) is 87.9 Å². The van der Waals surface area contributed by atoms with Gasteiger partial charge >= 0.3 is 0 Å². The van der Waals surface area contributed by atoms with Crippen molar-refractivity contribution in [3.63, 3.8) is 0 Å². The monoisotopic (exact) mass is 378 g/mol. The third kappa shape index (κ3) is 3.25. The van der Waals surface area contributed by atoms with Gasteiger partial charge in [0.15, 0.2) is 0 Å². The molecule has 0 saturated carbocycles. The lowest BCUT2D eigenvalue weighted by Gasteiger charge is -2.06. The van der Waals surface area contributed by atoms with Crippen LogP contribution in [0, 0.1) is 0 Å². The lowest BCUT2D eigenvalue weighted by Crippen LogP contribution is -1.97. The van der Waals surface area contributed by atoms with Crippen molar-refractivity contribution in [1.82, 2.24) is 0 Å². The fraction of sp³-hybridized carbons (Fsp3) is 0. The van der Waals surface area contributed by atoms with Gasteiger partial charge in [-0.05, 0) is 35.7 Å². The first-order valence-corrected chi connectivity index (χ1v) is 9.50. The van der Waals surface area contributed by atoms with Gasteiger partial charge in [0.1, 0.15) is 5.75 Å². The lowest BCUT2D eigenvalue weighted by molar-refractivity contribution is 0.481. The average Bonchev–Trinajstić information content (AvgIpc) is 2.66. The zero-order chi connectivity index (χ0) is 19.0. The van der Waals surface area contributed by atoms with Crippen LogP contribution in [0.2, 0.25) is 0 Å². The SMILES string of the molecule is O=S(=O)(O)c1ccc2c(N=Nc3cccc4ccccc34)ccc(O)c2c1. The van der Waals surface area contributed by atoms with Crippen LogP contribution >= 0.6 is 0 Å². The zero-order valence-electron chi connectivity index (χ0n) is 13.9. The number of phenols is 1. The molecule has 0 atom stereocenters. The zero-order valence-corrected chi connectivity index (χ0v) is 14.8. The fourth-order valence-corrected chi connectivity index (χ4v) is 3.45. The Bertz CT molecular complexity index is 1310. The summed E-state index contributed by atoms with van der Waals surface area (Å²) in [5.74, 6) is -0.111. The Morgan fingerprint density at radius 1 is 0.704 bits per heavy atom. The van der Waals surface area contributed by atoms with Crippen molar-refractivity contribution in [2.24, 2.45) is 10.2 Å². The number of benzene rings is 4. The minimum Gasteiger partial charge on any atom is -0.507 e. The molecular formula is C20H14N2O4S. The van der Waals surface area contributed by atoms with E-state index in [2.05, 4.69) is 10.2 Å². The first-order valence-electron chi connectivity index (χ1n) is 8.06. The van der Waals surface area contributed by atoms with E-state index in [1.54, 1.807) is 6.07 Å². The summed E-state index contributed by atoms with van der Waals surface area (Å²) in [4.78, 5) is -0.298. The number of hydrogen-bond acceptors (Lipinski definition) is 5. The number of phenolic OH excluding ortho intramolecular Hbond substituents is 1. The second kappa shape index (κ2) is 6.46. The van der Waals surface area contributed by atoms with Crippen LogP contribution in [0.1, 0.15) is 0 Å². The van der Waals surface area contributed by atoms with Crippen LogP contribution in [0.25, 0.3) is 21.5 Å². The number of fused-ring (bicyclic) bond motifs is 2. The first kappa shape index (κ1) is 17.1. The smallest absolute Gasteiger partial charge is 0.294 e. The second-order valence-electron chi connectivity index (χ2n) is 5.98. The predicted octanol–water partition coefficient (Wildman–Crippen LogP) is 5.36. The number of rotatable bonds is 3. The summed E-state index contributed by atoms with van der Waals surface area (Å²) in [6.07, 6.45) is 0. The van der Waals surface area contributed by atoms with E-state index >= 15 is 0 Å². The second-order valence-corrected chi connectivity index (χ2v) is 7.41. The highest BCUT2D eigenvalue weighted by molar-refractivity contribution is 7.85. The minimum absolute atomic E-state index is 0.111. The molecule has 27 heavy (non-hydrogen) atoms. The average molecular weight is 378 g/mol. The molecule has 0 aliphatic carbocycles. The third-order valence-electron chi connectivity index (χ3n) is 4.27. The summed E-state index contributed by atoms with van der Waals surface area (Å²) < 4.78 is 31.9. The molecule has 0 amide bonds. The minimum atomic E-state index is -4.37. The molecule has 4 aromatic rings.